The number of ether oxygens (including phenoxy) is 1. The van der Waals surface area contributed by atoms with E-state index in [1.165, 1.54) is 12.3 Å². The molecule has 1 aliphatic rings. The van der Waals surface area contributed by atoms with E-state index < -0.39 is 10.0 Å². The van der Waals surface area contributed by atoms with Crippen LogP contribution in [0.5, 0.6) is 5.75 Å². The number of halogens is 1. The molecule has 0 atom stereocenters. The molecule has 1 aliphatic heterocycles. The zero-order valence-corrected chi connectivity index (χ0v) is 12.8. The maximum Gasteiger partial charge on any atom is 0.257 e. The summed E-state index contributed by atoms with van der Waals surface area (Å²) < 4.78 is 33.0. The normalized spacial score (nSPS) is 14.1. The molecule has 0 unspecified atom stereocenters. The minimum absolute atomic E-state index is 0.0464. The highest BCUT2D eigenvalue weighted by molar-refractivity contribution is 9.10. The van der Waals surface area contributed by atoms with Gasteiger partial charge in [-0.15, -0.1) is 0 Å². The molecule has 0 radical (unpaired) electrons. The van der Waals surface area contributed by atoms with Crippen molar-refractivity contribution < 1.29 is 13.2 Å². The van der Waals surface area contributed by atoms with Gasteiger partial charge >= 0.3 is 0 Å². The van der Waals surface area contributed by atoms with Crippen LogP contribution in [-0.4, -0.2) is 25.2 Å². The maximum atomic E-state index is 12.0. The number of nitrogens with zero attached hydrogens (tertiary/aromatic N) is 1. The lowest BCUT2D eigenvalue weighted by Crippen LogP contribution is -2.23. The molecule has 0 spiro atoms. The largest absolute Gasteiger partial charge is 0.493 e. The molecule has 20 heavy (non-hydrogen) atoms. The summed E-state index contributed by atoms with van der Waals surface area (Å²) in [5.74, 6) is 0.778. The van der Waals surface area contributed by atoms with E-state index in [1.54, 1.807) is 0 Å². The first-order valence-corrected chi connectivity index (χ1v) is 8.27. The third-order valence-corrected chi connectivity index (χ3v) is 4.83. The van der Waals surface area contributed by atoms with Gasteiger partial charge < -0.3 is 4.74 Å². The Labute approximate surface area is 124 Å². The van der Waals surface area contributed by atoms with Gasteiger partial charge in [-0.25, -0.2) is 13.1 Å². The molecule has 0 bridgehead atoms. The van der Waals surface area contributed by atoms with Crippen molar-refractivity contribution in [2.75, 3.05) is 6.61 Å². The van der Waals surface area contributed by atoms with Crippen LogP contribution < -0.4 is 9.46 Å². The van der Waals surface area contributed by atoms with Crippen LogP contribution in [0.1, 0.15) is 11.1 Å². The third-order valence-electron chi connectivity index (χ3n) is 3.04. The lowest BCUT2D eigenvalue weighted by Gasteiger charge is -2.10. The highest BCUT2D eigenvalue weighted by Crippen LogP contribution is 2.33. The van der Waals surface area contributed by atoms with Crippen LogP contribution in [0.3, 0.4) is 0 Å². The van der Waals surface area contributed by atoms with Gasteiger partial charge in [-0.1, -0.05) is 15.9 Å². The molecule has 0 saturated heterocycles. The predicted molar refractivity (Wildman–Crippen MR) is 76.0 cm³/mol. The number of sulfonamides is 1. The van der Waals surface area contributed by atoms with Crippen molar-refractivity contribution in [3.8, 4) is 5.75 Å². The van der Waals surface area contributed by atoms with Gasteiger partial charge in [0.2, 0.25) is 0 Å². The molecule has 106 valence electrons. The summed E-state index contributed by atoms with van der Waals surface area (Å²) in [4.78, 5) is 0. The van der Waals surface area contributed by atoms with Crippen LogP contribution in [0.4, 0.5) is 0 Å². The van der Waals surface area contributed by atoms with E-state index in [1.807, 2.05) is 12.1 Å². The van der Waals surface area contributed by atoms with E-state index in [9.17, 15) is 8.42 Å². The summed E-state index contributed by atoms with van der Waals surface area (Å²) in [7, 11) is -3.58. The first-order valence-electron chi connectivity index (χ1n) is 5.99. The van der Waals surface area contributed by atoms with Gasteiger partial charge in [0.05, 0.1) is 12.8 Å². The topological polar surface area (TPSA) is 84.1 Å². The highest BCUT2D eigenvalue weighted by atomic mass is 79.9. The highest BCUT2D eigenvalue weighted by Gasteiger charge is 2.20. The van der Waals surface area contributed by atoms with Crippen molar-refractivity contribution in [2.45, 2.75) is 18.0 Å². The number of aromatic nitrogens is 2. The van der Waals surface area contributed by atoms with E-state index in [0.717, 1.165) is 27.8 Å². The Kier molecular flexibility index (Phi) is 3.53. The zero-order valence-electron chi connectivity index (χ0n) is 10.4. The number of rotatable bonds is 4. The lowest BCUT2D eigenvalue weighted by atomic mass is 10.1. The van der Waals surface area contributed by atoms with Gasteiger partial charge in [-0.05, 0) is 23.8 Å². The van der Waals surface area contributed by atoms with Gasteiger partial charge in [-0.2, -0.15) is 5.10 Å². The fourth-order valence-corrected chi connectivity index (χ4v) is 3.59. The number of hydrogen-bond acceptors (Lipinski definition) is 4. The van der Waals surface area contributed by atoms with Crippen molar-refractivity contribution >= 4 is 26.0 Å². The minimum atomic E-state index is -3.58. The second kappa shape index (κ2) is 5.19. The van der Waals surface area contributed by atoms with E-state index in [2.05, 4.69) is 30.8 Å². The Morgan fingerprint density at radius 2 is 2.30 bits per heavy atom. The van der Waals surface area contributed by atoms with Crippen molar-refractivity contribution in [3.63, 3.8) is 0 Å². The smallest absolute Gasteiger partial charge is 0.257 e. The van der Waals surface area contributed by atoms with Crippen molar-refractivity contribution in [1.29, 1.82) is 0 Å². The summed E-state index contributed by atoms with van der Waals surface area (Å²) in [5.41, 5.74) is 1.91. The van der Waals surface area contributed by atoms with Crippen molar-refractivity contribution in [1.82, 2.24) is 14.9 Å². The predicted octanol–water partition coefficient (Wildman–Crippen LogP) is 1.59. The van der Waals surface area contributed by atoms with E-state index >= 15 is 0 Å². The van der Waals surface area contributed by atoms with E-state index in [-0.39, 0.29) is 11.6 Å². The van der Waals surface area contributed by atoms with E-state index in [4.69, 9.17) is 4.74 Å². The van der Waals surface area contributed by atoms with Gasteiger partial charge in [0.1, 0.15) is 5.75 Å². The molecule has 0 fully saturated rings. The second-order valence-electron chi connectivity index (χ2n) is 4.40. The number of hydrogen-bond donors (Lipinski definition) is 2. The molecule has 1 aromatic carbocycles. The monoisotopic (exact) mass is 357 g/mol. The average Bonchev–Trinajstić information content (AvgIpc) is 3.06. The summed E-state index contributed by atoms with van der Waals surface area (Å²) in [5, 5.41) is 6.12. The van der Waals surface area contributed by atoms with Gasteiger partial charge in [0, 0.05) is 23.0 Å². The number of aromatic amines is 1. The number of benzene rings is 1. The molecule has 0 saturated carbocycles. The SMILES string of the molecule is O=S(=O)(NCc1cc(Br)cc2c1OCC2)c1ccn[nH]1. The van der Waals surface area contributed by atoms with Gasteiger partial charge in [-0.3, -0.25) is 5.10 Å². The van der Waals surface area contributed by atoms with Crippen molar-refractivity contribution in [3.05, 3.63) is 40.0 Å². The Bertz CT molecular complexity index is 729. The molecule has 8 heteroatoms. The molecule has 3 rings (SSSR count). The Morgan fingerprint density at radius 1 is 1.45 bits per heavy atom. The van der Waals surface area contributed by atoms with Crippen LogP contribution in [0.2, 0.25) is 0 Å². The molecule has 6 nitrogen and oxygen atoms in total. The van der Waals surface area contributed by atoms with Crippen LogP contribution >= 0.6 is 15.9 Å². The van der Waals surface area contributed by atoms with Gasteiger partial charge in [0.25, 0.3) is 10.0 Å². The lowest BCUT2D eigenvalue weighted by molar-refractivity contribution is 0.353. The summed E-state index contributed by atoms with van der Waals surface area (Å²) in [6.07, 6.45) is 2.24. The fourth-order valence-electron chi connectivity index (χ4n) is 2.12. The Balaban J connectivity index is 1.83. The second-order valence-corrected chi connectivity index (χ2v) is 7.05. The number of nitrogens with one attached hydrogen (secondary N) is 2. The summed E-state index contributed by atoms with van der Waals surface area (Å²) in [6.45, 7) is 0.801. The minimum Gasteiger partial charge on any atom is -0.493 e. The Morgan fingerprint density at radius 3 is 3.05 bits per heavy atom. The van der Waals surface area contributed by atoms with Gasteiger partial charge in [0.15, 0.2) is 5.03 Å². The standard InChI is InChI=1S/C12H12BrN3O3S/c13-10-5-8-2-4-19-12(8)9(6-10)7-15-20(17,18)11-1-3-14-16-11/h1,3,5-6,15H,2,4,7H2,(H,14,16). The van der Waals surface area contributed by atoms with Crippen LogP contribution in [0.25, 0.3) is 0 Å². The molecular weight excluding hydrogens is 346 g/mol. The summed E-state index contributed by atoms with van der Waals surface area (Å²) in [6, 6.07) is 5.26. The first kappa shape index (κ1) is 13.6. The molecule has 0 amide bonds. The van der Waals surface area contributed by atoms with Crippen LogP contribution in [-0.2, 0) is 23.0 Å². The van der Waals surface area contributed by atoms with Crippen LogP contribution in [0.15, 0.2) is 33.9 Å². The molecule has 2 heterocycles. The molecule has 1 aromatic heterocycles. The van der Waals surface area contributed by atoms with E-state index in [0.29, 0.717) is 6.61 Å². The fraction of sp³-hybridized carbons (Fsp3) is 0.250. The van der Waals surface area contributed by atoms with Crippen LogP contribution in [0, 0.1) is 0 Å². The summed E-state index contributed by atoms with van der Waals surface area (Å²) >= 11 is 3.43. The first-order chi connectivity index (χ1) is 9.56. The molecular formula is C12H12BrN3O3S. The molecule has 2 aromatic rings. The Hall–Kier alpha value is -1.38. The third kappa shape index (κ3) is 2.58. The quantitative estimate of drug-likeness (QED) is 0.869. The van der Waals surface area contributed by atoms with Crippen molar-refractivity contribution in [2.24, 2.45) is 0 Å². The zero-order chi connectivity index (χ0) is 14.2. The number of H-pyrrole nitrogens is 1. The molecule has 0 aliphatic carbocycles. The maximum absolute atomic E-state index is 12.0. The number of fused-ring (bicyclic) bond motifs is 1. The average molecular weight is 358 g/mol. The molecule has 2 N–H and O–H groups in total.